The first-order valence-corrected chi connectivity index (χ1v) is 17.4. The Kier molecular flexibility index (Phi) is 6.03. The van der Waals surface area contributed by atoms with E-state index >= 15 is 4.57 Å². The standard InChI is InChI=1S/C43H30NOP/c45-46(32-18-6-2-7-19-32,33-20-8-3-9-21-33)34-28-29-36-35-22-10-11-23-37(35)43(40(36)30-34)38-24-12-14-26-41(38)44(31-16-4-1-5-17-31)42-27-15-13-25-39(42)43/h1-30H. The van der Waals surface area contributed by atoms with E-state index in [-0.39, 0.29) is 0 Å². The van der Waals surface area contributed by atoms with E-state index in [1.54, 1.807) is 0 Å². The molecule has 46 heavy (non-hydrogen) atoms. The molecule has 0 bridgehead atoms. The Balaban J connectivity index is 1.39. The van der Waals surface area contributed by atoms with E-state index in [2.05, 4.69) is 126 Å². The molecule has 9 rings (SSSR count). The molecule has 0 radical (unpaired) electrons. The van der Waals surface area contributed by atoms with Gasteiger partial charge in [-0.15, -0.1) is 0 Å². The third kappa shape index (κ3) is 3.62. The van der Waals surface area contributed by atoms with Gasteiger partial charge in [-0.2, -0.15) is 0 Å². The smallest absolute Gasteiger partial charge is 0.171 e. The lowest BCUT2D eigenvalue weighted by Crippen LogP contribution is -2.37. The second kappa shape index (κ2) is 10.3. The third-order valence-corrected chi connectivity index (χ3v) is 12.8. The average Bonchev–Trinajstić information content (AvgIpc) is 3.43. The molecule has 0 N–H and O–H groups in total. The van der Waals surface area contributed by atoms with E-state index in [4.69, 9.17) is 0 Å². The Morgan fingerprint density at radius 1 is 0.391 bits per heavy atom. The molecule has 0 saturated heterocycles. The lowest BCUT2D eigenvalue weighted by atomic mass is 9.64. The maximum Gasteiger partial charge on any atom is 0.171 e. The maximum atomic E-state index is 15.7. The molecule has 1 heterocycles. The molecule has 0 atom stereocenters. The van der Waals surface area contributed by atoms with Crippen molar-refractivity contribution < 1.29 is 4.57 Å². The van der Waals surface area contributed by atoms with Gasteiger partial charge in [0.25, 0.3) is 0 Å². The molecule has 0 unspecified atom stereocenters. The van der Waals surface area contributed by atoms with Gasteiger partial charge in [0.1, 0.15) is 0 Å². The van der Waals surface area contributed by atoms with E-state index < -0.39 is 12.6 Å². The zero-order chi connectivity index (χ0) is 30.7. The summed E-state index contributed by atoms with van der Waals surface area (Å²) >= 11 is 0. The molecule has 1 spiro atoms. The van der Waals surface area contributed by atoms with Gasteiger partial charge >= 0.3 is 0 Å². The monoisotopic (exact) mass is 607 g/mol. The van der Waals surface area contributed by atoms with Crippen LogP contribution in [0.3, 0.4) is 0 Å². The summed E-state index contributed by atoms with van der Waals surface area (Å²) in [6.07, 6.45) is 0. The van der Waals surface area contributed by atoms with Gasteiger partial charge in [-0.25, -0.2) is 0 Å². The van der Waals surface area contributed by atoms with Crippen molar-refractivity contribution in [3.8, 4) is 11.1 Å². The van der Waals surface area contributed by atoms with Crippen LogP contribution in [0.25, 0.3) is 11.1 Å². The Morgan fingerprint density at radius 2 is 0.848 bits per heavy atom. The fourth-order valence-electron chi connectivity index (χ4n) is 7.87. The van der Waals surface area contributed by atoms with Crippen molar-refractivity contribution in [2.45, 2.75) is 5.41 Å². The van der Waals surface area contributed by atoms with Crippen LogP contribution in [0.4, 0.5) is 17.1 Å². The van der Waals surface area contributed by atoms with Crippen molar-refractivity contribution in [2.24, 2.45) is 0 Å². The van der Waals surface area contributed by atoms with Crippen molar-refractivity contribution >= 4 is 40.1 Å². The van der Waals surface area contributed by atoms with E-state index in [1.165, 1.54) is 33.4 Å². The summed E-state index contributed by atoms with van der Waals surface area (Å²) in [4.78, 5) is 2.39. The van der Waals surface area contributed by atoms with Crippen LogP contribution >= 0.6 is 7.14 Å². The van der Waals surface area contributed by atoms with E-state index in [0.717, 1.165) is 33.0 Å². The second-order valence-electron chi connectivity index (χ2n) is 12.0. The highest BCUT2D eigenvalue weighted by Gasteiger charge is 2.52. The molecule has 0 aromatic heterocycles. The predicted molar refractivity (Wildman–Crippen MR) is 191 cm³/mol. The fourth-order valence-corrected chi connectivity index (χ4v) is 10.5. The van der Waals surface area contributed by atoms with Crippen molar-refractivity contribution in [2.75, 3.05) is 4.90 Å². The number of hydrogen-bond donors (Lipinski definition) is 0. The van der Waals surface area contributed by atoms with E-state index in [0.29, 0.717) is 0 Å². The number of para-hydroxylation sites is 3. The van der Waals surface area contributed by atoms with Crippen LogP contribution in [0.15, 0.2) is 182 Å². The predicted octanol–water partition coefficient (Wildman–Crippen LogP) is 9.47. The molecular weight excluding hydrogens is 577 g/mol. The number of benzene rings is 7. The number of anilines is 3. The quantitative estimate of drug-likeness (QED) is 0.186. The third-order valence-electron chi connectivity index (χ3n) is 9.74. The summed E-state index contributed by atoms with van der Waals surface area (Å²) in [5, 5.41) is 2.52. The van der Waals surface area contributed by atoms with Gasteiger partial charge in [0.2, 0.25) is 0 Å². The lowest BCUT2D eigenvalue weighted by Gasteiger charge is -2.45. The zero-order valence-corrected chi connectivity index (χ0v) is 26.0. The summed E-state index contributed by atoms with van der Waals surface area (Å²) < 4.78 is 15.7. The minimum absolute atomic E-state index is 0.599. The SMILES string of the molecule is O=P(c1ccccc1)(c1ccccc1)c1ccc2c(c1)C1(c3ccccc3-2)c2ccccc2N(c2ccccc2)c2ccccc21. The van der Waals surface area contributed by atoms with Gasteiger partial charge in [-0.1, -0.05) is 152 Å². The van der Waals surface area contributed by atoms with Crippen molar-refractivity contribution in [1.29, 1.82) is 0 Å². The Hall–Kier alpha value is -5.43. The maximum absolute atomic E-state index is 15.7. The first-order valence-electron chi connectivity index (χ1n) is 15.7. The number of hydrogen-bond acceptors (Lipinski definition) is 2. The minimum Gasteiger partial charge on any atom is -0.310 e. The largest absolute Gasteiger partial charge is 0.310 e. The van der Waals surface area contributed by atoms with Gasteiger partial charge in [0, 0.05) is 21.6 Å². The first kappa shape index (κ1) is 26.9. The molecule has 0 fully saturated rings. The van der Waals surface area contributed by atoms with Gasteiger partial charge in [0.15, 0.2) is 7.14 Å². The van der Waals surface area contributed by atoms with Crippen molar-refractivity contribution in [1.82, 2.24) is 0 Å². The highest BCUT2D eigenvalue weighted by Crippen LogP contribution is 2.63. The van der Waals surface area contributed by atoms with Crippen LogP contribution in [0.2, 0.25) is 0 Å². The van der Waals surface area contributed by atoms with Gasteiger partial charge < -0.3 is 9.46 Å². The van der Waals surface area contributed by atoms with Crippen LogP contribution < -0.4 is 20.8 Å². The fraction of sp³-hybridized carbons (Fsp3) is 0.0233. The van der Waals surface area contributed by atoms with Crippen LogP contribution in [0, 0.1) is 0 Å². The number of fused-ring (bicyclic) bond motifs is 9. The topological polar surface area (TPSA) is 20.3 Å². The highest BCUT2D eigenvalue weighted by molar-refractivity contribution is 7.85. The molecule has 7 aromatic rings. The normalized spacial score (nSPS) is 13.9. The average molecular weight is 608 g/mol. The van der Waals surface area contributed by atoms with Gasteiger partial charge in [-0.05, 0) is 63.7 Å². The summed E-state index contributed by atoms with van der Waals surface area (Å²) in [7, 11) is -3.21. The van der Waals surface area contributed by atoms with Crippen LogP contribution in [0.1, 0.15) is 22.3 Å². The Morgan fingerprint density at radius 3 is 1.43 bits per heavy atom. The molecule has 218 valence electrons. The van der Waals surface area contributed by atoms with Crippen molar-refractivity contribution in [3.63, 3.8) is 0 Å². The van der Waals surface area contributed by atoms with E-state index in [9.17, 15) is 0 Å². The van der Waals surface area contributed by atoms with Gasteiger partial charge in [0.05, 0.1) is 16.8 Å². The molecule has 3 heteroatoms. The summed E-state index contributed by atoms with van der Waals surface area (Å²) in [6, 6.07) is 63.6. The minimum atomic E-state index is -3.21. The Labute approximate surface area is 269 Å². The first-order chi connectivity index (χ1) is 22.7. The number of nitrogens with zero attached hydrogens (tertiary/aromatic N) is 1. The zero-order valence-electron chi connectivity index (χ0n) is 25.1. The van der Waals surface area contributed by atoms with Crippen molar-refractivity contribution in [3.05, 3.63) is 204 Å². The van der Waals surface area contributed by atoms with Crippen LogP contribution in [-0.2, 0) is 9.98 Å². The number of rotatable bonds is 4. The Bertz CT molecular complexity index is 2200. The molecule has 1 aliphatic heterocycles. The molecule has 0 saturated carbocycles. The molecule has 7 aromatic carbocycles. The second-order valence-corrected chi connectivity index (χ2v) is 14.8. The van der Waals surface area contributed by atoms with E-state index in [1.807, 2.05) is 60.7 Å². The summed E-state index contributed by atoms with van der Waals surface area (Å²) in [6.45, 7) is 0. The summed E-state index contributed by atoms with van der Waals surface area (Å²) in [5.41, 5.74) is 10.1. The highest BCUT2D eigenvalue weighted by atomic mass is 31.2. The molecule has 0 amide bonds. The molecule has 1 aliphatic carbocycles. The van der Waals surface area contributed by atoms with Crippen LogP contribution in [0.5, 0.6) is 0 Å². The molecular formula is C43H30NOP. The lowest BCUT2D eigenvalue weighted by molar-refractivity contribution is 0.592. The summed E-state index contributed by atoms with van der Waals surface area (Å²) in [5.74, 6) is 0. The molecule has 2 nitrogen and oxygen atoms in total. The van der Waals surface area contributed by atoms with Crippen LogP contribution in [-0.4, -0.2) is 0 Å². The van der Waals surface area contributed by atoms with Gasteiger partial charge in [-0.3, -0.25) is 0 Å². The molecule has 2 aliphatic rings.